The van der Waals surface area contributed by atoms with Gasteiger partial charge in [0.25, 0.3) is 0 Å². The van der Waals surface area contributed by atoms with Crippen LogP contribution in [0.5, 0.6) is 5.75 Å². The predicted octanol–water partition coefficient (Wildman–Crippen LogP) is 5.03. The van der Waals surface area contributed by atoms with Crippen molar-refractivity contribution < 1.29 is 9.53 Å². The number of rotatable bonds is 6. The molecule has 5 nitrogen and oxygen atoms in total. The lowest BCUT2D eigenvalue weighted by Gasteiger charge is -2.09. The minimum Gasteiger partial charge on any atom is -0.497 e. The quantitative estimate of drug-likeness (QED) is 0.634. The summed E-state index contributed by atoms with van der Waals surface area (Å²) >= 11 is 5.97. The molecule has 0 aliphatic carbocycles. The van der Waals surface area contributed by atoms with Crippen LogP contribution in [0.4, 0.5) is 5.69 Å². The van der Waals surface area contributed by atoms with Crippen LogP contribution in [0, 0.1) is 20.8 Å². The van der Waals surface area contributed by atoms with Crippen molar-refractivity contribution in [2.24, 2.45) is 0 Å². The van der Waals surface area contributed by atoms with Gasteiger partial charge in [-0.1, -0.05) is 17.7 Å². The maximum Gasteiger partial charge on any atom is 0.224 e. The molecule has 1 amide bonds. The Morgan fingerprint density at radius 3 is 2.68 bits per heavy atom. The lowest BCUT2D eigenvalue weighted by Crippen LogP contribution is -2.13. The Kier molecular flexibility index (Phi) is 6.05. The second-order valence-corrected chi connectivity index (χ2v) is 7.21. The summed E-state index contributed by atoms with van der Waals surface area (Å²) in [6, 6.07) is 13.2. The highest BCUT2D eigenvalue weighted by Crippen LogP contribution is 2.23. The van der Waals surface area contributed by atoms with Crippen molar-refractivity contribution in [2.75, 3.05) is 12.4 Å². The molecule has 0 fully saturated rings. The summed E-state index contributed by atoms with van der Waals surface area (Å²) < 4.78 is 7.20. The van der Waals surface area contributed by atoms with Crippen LogP contribution >= 0.6 is 11.6 Å². The van der Waals surface area contributed by atoms with E-state index in [1.165, 1.54) is 0 Å². The second kappa shape index (κ2) is 8.48. The third-order valence-electron chi connectivity index (χ3n) is 4.80. The molecule has 2 aromatic carbocycles. The summed E-state index contributed by atoms with van der Waals surface area (Å²) in [6.45, 7) is 5.92. The van der Waals surface area contributed by atoms with E-state index < -0.39 is 0 Å². The molecule has 0 aliphatic rings. The first-order valence-electron chi connectivity index (χ1n) is 9.14. The van der Waals surface area contributed by atoms with E-state index in [1.54, 1.807) is 13.2 Å². The van der Waals surface area contributed by atoms with Crippen LogP contribution in [0.15, 0.2) is 42.5 Å². The maximum absolute atomic E-state index is 12.4. The average Bonchev–Trinajstić information content (AvgIpc) is 2.96. The fraction of sp³-hybridized carbons (Fsp3) is 0.273. The van der Waals surface area contributed by atoms with Crippen LogP contribution in [-0.2, 0) is 11.2 Å². The van der Waals surface area contributed by atoms with Gasteiger partial charge in [-0.3, -0.25) is 4.79 Å². The number of carbonyl (C=O) groups is 1. The Morgan fingerprint density at radius 2 is 1.96 bits per heavy atom. The zero-order chi connectivity index (χ0) is 20.3. The number of hydrogen-bond acceptors (Lipinski definition) is 3. The summed E-state index contributed by atoms with van der Waals surface area (Å²) in [5.74, 6) is 0.752. The van der Waals surface area contributed by atoms with Gasteiger partial charge in [-0.05, 0) is 68.7 Å². The van der Waals surface area contributed by atoms with Gasteiger partial charge >= 0.3 is 0 Å². The van der Waals surface area contributed by atoms with E-state index in [2.05, 4.69) is 10.4 Å². The summed E-state index contributed by atoms with van der Waals surface area (Å²) in [5.41, 5.74) is 5.71. The minimum atomic E-state index is -0.0293. The van der Waals surface area contributed by atoms with Crippen molar-refractivity contribution in [3.63, 3.8) is 0 Å². The average molecular weight is 398 g/mol. The van der Waals surface area contributed by atoms with E-state index in [0.29, 0.717) is 17.9 Å². The van der Waals surface area contributed by atoms with Crippen molar-refractivity contribution in [2.45, 2.75) is 33.6 Å². The van der Waals surface area contributed by atoms with E-state index in [1.807, 2.05) is 61.9 Å². The number of benzene rings is 2. The van der Waals surface area contributed by atoms with Crippen molar-refractivity contribution >= 4 is 23.2 Å². The standard InChI is InChI=1S/C22H24ClN3O2/c1-14-12-17(23)8-10-21(14)24-22(27)11-9-20-15(2)25-26(16(20)3)18-6-5-7-19(13-18)28-4/h5-8,10,12-13H,9,11H2,1-4H3,(H,24,27). The van der Waals surface area contributed by atoms with Crippen LogP contribution < -0.4 is 10.1 Å². The van der Waals surface area contributed by atoms with E-state index in [0.717, 1.165) is 39.6 Å². The molecule has 0 bridgehead atoms. The van der Waals surface area contributed by atoms with Gasteiger partial charge in [0.15, 0.2) is 0 Å². The molecule has 0 radical (unpaired) electrons. The lowest BCUT2D eigenvalue weighted by atomic mass is 10.1. The van der Waals surface area contributed by atoms with Gasteiger partial charge in [0, 0.05) is 28.9 Å². The largest absolute Gasteiger partial charge is 0.497 e. The smallest absolute Gasteiger partial charge is 0.224 e. The fourth-order valence-electron chi connectivity index (χ4n) is 3.25. The zero-order valence-electron chi connectivity index (χ0n) is 16.5. The first kappa shape index (κ1) is 20.0. The number of carbonyl (C=O) groups excluding carboxylic acids is 1. The van der Waals surface area contributed by atoms with Crippen LogP contribution in [0.2, 0.25) is 5.02 Å². The molecule has 0 aliphatic heterocycles. The van der Waals surface area contributed by atoms with Crippen molar-refractivity contribution in [3.05, 3.63) is 70.0 Å². The molecule has 3 rings (SSSR count). The van der Waals surface area contributed by atoms with Crippen molar-refractivity contribution in [3.8, 4) is 11.4 Å². The van der Waals surface area contributed by atoms with E-state index in [4.69, 9.17) is 16.3 Å². The Bertz CT molecular complexity index is 1010. The zero-order valence-corrected chi connectivity index (χ0v) is 17.3. The number of hydrogen-bond donors (Lipinski definition) is 1. The highest BCUT2D eigenvalue weighted by Gasteiger charge is 2.15. The van der Waals surface area contributed by atoms with Crippen molar-refractivity contribution in [1.82, 2.24) is 9.78 Å². The van der Waals surface area contributed by atoms with Gasteiger partial charge in [-0.2, -0.15) is 5.10 Å². The molecule has 146 valence electrons. The second-order valence-electron chi connectivity index (χ2n) is 6.77. The van der Waals surface area contributed by atoms with Crippen LogP contribution in [-0.4, -0.2) is 22.8 Å². The van der Waals surface area contributed by atoms with E-state index >= 15 is 0 Å². The molecular formula is C22H24ClN3O2. The molecule has 0 saturated heterocycles. The van der Waals surface area contributed by atoms with Crippen molar-refractivity contribution in [1.29, 1.82) is 0 Å². The fourth-order valence-corrected chi connectivity index (χ4v) is 3.48. The molecule has 28 heavy (non-hydrogen) atoms. The third kappa shape index (κ3) is 4.37. The molecule has 0 unspecified atom stereocenters. The third-order valence-corrected chi connectivity index (χ3v) is 5.04. The monoisotopic (exact) mass is 397 g/mol. The summed E-state index contributed by atoms with van der Waals surface area (Å²) in [4.78, 5) is 12.4. The number of halogens is 1. The Morgan fingerprint density at radius 1 is 1.18 bits per heavy atom. The lowest BCUT2D eigenvalue weighted by molar-refractivity contribution is -0.116. The van der Waals surface area contributed by atoms with Crippen LogP contribution in [0.1, 0.15) is 28.9 Å². The Labute approximate surface area is 170 Å². The molecule has 3 aromatic rings. The van der Waals surface area contributed by atoms with Gasteiger partial charge in [-0.15, -0.1) is 0 Å². The highest BCUT2D eigenvalue weighted by molar-refractivity contribution is 6.30. The van der Waals surface area contributed by atoms with Gasteiger partial charge < -0.3 is 10.1 Å². The summed E-state index contributed by atoms with van der Waals surface area (Å²) in [7, 11) is 1.65. The minimum absolute atomic E-state index is 0.0293. The highest BCUT2D eigenvalue weighted by atomic mass is 35.5. The Balaban J connectivity index is 1.72. The van der Waals surface area contributed by atoms with E-state index in [-0.39, 0.29) is 5.91 Å². The molecule has 6 heteroatoms. The van der Waals surface area contributed by atoms with E-state index in [9.17, 15) is 4.79 Å². The predicted molar refractivity (Wildman–Crippen MR) is 113 cm³/mol. The Hall–Kier alpha value is -2.79. The van der Waals surface area contributed by atoms with Gasteiger partial charge in [0.2, 0.25) is 5.91 Å². The summed E-state index contributed by atoms with van der Waals surface area (Å²) in [6.07, 6.45) is 1.01. The summed E-state index contributed by atoms with van der Waals surface area (Å²) in [5, 5.41) is 8.27. The molecule has 0 saturated carbocycles. The molecule has 0 spiro atoms. The van der Waals surface area contributed by atoms with Crippen LogP contribution in [0.3, 0.4) is 0 Å². The maximum atomic E-state index is 12.4. The normalized spacial score (nSPS) is 10.8. The molecule has 1 heterocycles. The number of amides is 1. The number of ether oxygens (including phenoxy) is 1. The molecule has 1 N–H and O–H groups in total. The molecule has 0 atom stereocenters. The number of aromatic nitrogens is 2. The van der Waals surface area contributed by atoms with Crippen LogP contribution in [0.25, 0.3) is 5.69 Å². The number of anilines is 1. The topological polar surface area (TPSA) is 56.2 Å². The molecule has 1 aromatic heterocycles. The first-order valence-corrected chi connectivity index (χ1v) is 9.52. The van der Waals surface area contributed by atoms with Gasteiger partial charge in [0.05, 0.1) is 18.5 Å². The number of nitrogens with zero attached hydrogens (tertiary/aromatic N) is 2. The number of nitrogens with one attached hydrogen (secondary N) is 1. The SMILES string of the molecule is COc1cccc(-n2nc(C)c(CCC(=O)Nc3ccc(Cl)cc3C)c2C)c1. The molecular weight excluding hydrogens is 374 g/mol. The number of aryl methyl sites for hydroxylation is 2. The van der Waals surface area contributed by atoms with Gasteiger partial charge in [-0.25, -0.2) is 4.68 Å². The van der Waals surface area contributed by atoms with Gasteiger partial charge in [0.1, 0.15) is 5.75 Å². The first-order chi connectivity index (χ1) is 13.4. The number of methoxy groups -OCH3 is 1.